The first kappa shape index (κ1) is 12.6. The van der Waals surface area contributed by atoms with Crippen LogP contribution in [0.2, 0.25) is 0 Å². The highest BCUT2D eigenvalue weighted by Gasteiger charge is 2.27. The quantitative estimate of drug-likeness (QED) is 0.867. The SMILES string of the molecule is CC(C)c1ccc(C(O)C2CCN(C)C2)cc1. The second kappa shape index (κ2) is 5.19. The summed E-state index contributed by atoms with van der Waals surface area (Å²) < 4.78 is 0. The molecule has 0 amide bonds. The standard InChI is InChI=1S/C15H23NO/c1-11(2)12-4-6-13(7-5-12)15(17)14-8-9-16(3)10-14/h4-7,11,14-15,17H,8-10H2,1-3H3. The second-order valence-electron chi connectivity index (χ2n) is 5.58. The predicted molar refractivity (Wildman–Crippen MR) is 71.1 cm³/mol. The van der Waals surface area contributed by atoms with E-state index in [4.69, 9.17) is 0 Å². The van der Waals surface area contributed by atoms with Gasteiger partial charge in [0.05, 0.1) is 6.10 Å². The molecule has 1 saturated heterocycles. The Kier molecular flexibility index (Phi) is 3.85. The van der Waals surface area contributed by atoms with Gasteiger partial charge in [-0.05, 0) is 37.1 Å². The zero-order chi connectivity index (χ0) is 12.4. The third-order valence-corrected chi connectivity index (χ3v) is 3.82. The lowest BCUT2D eigenvalue weighted by molar-refractivity contribution is 0.113. The van der Waals surface area contributed by atoms with Crippen LogP contribution in [0.25, 0.3) is 0 Å². The van der Waals surface area contributed by atoms with Crippen molar-refractivity contribution in [2.45, 2.75) is 32.3 Å². The van der Waals surface area contributed by atoms with E-state index in [1.54, 1.807) is 0 Å². The number of aliphatic hydroxyl groups excluding tert-OH is 1. The number of likely N-dealkylation sites (tertiary alicyclic amines) is 1. The molecule has 0 radical (unpaired) electrons. The number of nitrogens with zero attached hydrogens (tertiary/aromatic N) is 1. The van der Waals surface area contributed by atoms with Gasteiger partial charge in [-0.1, -0.05) is 38.1 Å². The summed E-state index contributed by atoms with van der Waals surface area (Å²) in [5.74, 6) is 0.948. The highest BCUT2D eigenvalue weighted by atomic mass is 16.3. The average molecular weight is 233 g/mol. The highest BCUT2D eigenvalue weighted by Crippen LogP contribution is 2.30. The van der Waals surface area contributed by atoms with Gasteiger partial charge in [0.15, 0.2) is 0 Å². The molecule has 1 aromatic rings. The molecule has 2 unspecified atom stereocenters. The van der Waals surface area contributed by atoms with Gasteiger partial charge < -0.3 is 10.0 Å². The molecule has 1 heterocycles. The Labute approximate surface area is 104 Å². The van der Waals surface area contributed by atoms with Gasteiger partial charge in [-0.2, -0.15) is 0 Å². The van der Waals surface area contributed by atoms with E-state index in [9.17, 15) is 5.11 Å². The van der Waals surface area contributed by atoms with Crippen molar-refractivity contribution in [3.8, 4) is 0 Å². The molecule has 2 rings (SSSR count). The molecular weight excluding hydrogens is 210 g/mol. The summed E-state index contributed by atoms with van der Waals surface area (Å²) in [4.78, 5) is 2.29. The van der Waals surface area contributed by atoms with Crippen molar-refractivity contribution < 1.29 is 5.11 Å². The first-order valence-electron chi connectivity index (χ1n) is 6.54. The van der Waals surface area contributed by atoms with Crippen molar-refractivity contribution >= 4 is 0 Å². The van der Waals surface area contributed by atoms with Crippen molar-refractivity contribution in [2.24, 2.45) is 5.92 Å². The molecule has 0 bridgehead atoms. The maximum atomic E-state index is 10.3. The third-order valence-electron chi connectivity index (χ3n) is 3.82. The molecule has 1 fully saturated rings. The number of hydrogen-bond donors (Lipinski definition) is 1. The van der Waals surface area contributed by atoms with Gasteiger partial charge >= 0.3 is 0 Å². The summed E-state index contributed by atoms with van der Waals surface area (Å²) in [5.41, 5.74) is 2.40. The van der Waals surface area contributed by atoms with Crippen LogP contribution in [0, 0.1) is 5.92 Å². The van der Waals surface area contributed by atoms with Crippen LogP contribution in [-0.2, 0) is 0 Å². The molecule has 1 aliphatic rings. The molecule has 1 aliphatic heterocycles. The fourth-order valence-electron chi connectivity index (χ4n) is 2.58. The third kappa shape index (κ3) is 2.88. The Hall–Kier alpha value is -0.860. The molecule has 2 nitrogen and oxygen atoms in total. The number of hydrogen-bond acceptors (Lipinski definition) is 2. The molecular formula is C15H23NO. The lowest BCUT2D eigenvalue weighted by Gasteiger charge is -2.19. The molecule has 0 aliphatic carbocycles. The number of benzene rings is 1. The molecule has 2 atom stereocenters. The van der Waals surface area contributed by atoms with E-state index in [1.807, 2.05) is 0 Å². The summed E-state index contributed by atoms with van der Waals surface area (Å²) >= 11 is 0. The van der Waals surface area contributed by atoms with Gasteiger partial charge in [-0.15, -0.1) is 0 Å². The van der Waals surface area contributed by atoms with Crippen LogP contribution in [-0.4, -0.2) is 30.1 Å². The molecule has 2 heteroatoms. The van der Waals surface area contributed by atoms with Crippen molar-refractivity contribution in [3.05, 3.63) is 35.4 Å². The fourth-order valence-corrected chi connectivity index (χ4v) is 2.58. The van der Waals surface area contributed by atoms with Crippen molar-refractivity contribution in [1.82, 2.24) is 4.90 Å². The lowest BCUT2D eigenvalue weighted by Crippen LogP contribution is -2.18. The van der Waals surface area contributed by atoms with Gasteiger partial charge in [-0.25, -0.2) is 0 Å². The number of rotatable bonds is 3. The summed E-state index contributed by atoms with van der Waals surface area (Å²) in [5, 5.41) is 10.3. The van der Waals surface area contributed by atoms with Crippen LogP contribution in [0.15, 0.2) is 24.3 Å². The highest BCUT2D eigenvalue weighted by molar-refractivity contribution is 5.26. The van der Waals surface area contributed by atoms with E-state index in [0.717, 1.165) is 25.1 Å². The van der Waals surface area contributed by atoms with Crippen LogP contribution >= 0.6 is 0 Å². The molecule has 1 aromatic carbocycles. The van der Waals surface area contributed by atoms with E-state index >= 15 is 0 Å². The second-order valence-corrected chi connectivity index (χ2v) is 5.58. The Morgan fingerprint density at radius 1 is 1.18 bits per heavy atom. The van der Waals surface area contributed by atoms with Crippen LogP contribution in [0.5, 0.6) is 0 Å². The molecule has 0 spiro atoms. The maximum absolute atomic E-state index is 10.3. The molecule has 0 saturated carbocycles. The van der Waals surface area contributed by atoms with E-state index in [0.29, 0.717) is 11.8 Å². The summed E-state index contributed by atoms with van der Waals surface area (Å²) in [7, 11) is 2.12. The largest absolute Gasteiger partial charge is 0.388 e. The van der Waals surface area contributed by atoms with Crippen LogP contribution < -0.4 is 0 Å². The van der Waals surface area contributed by atoms with Crippen LogP contribution in [0.1, 0.15) is 43.4 Å². The molecule has 1 N–H and O–H groups in total. The number of aliphatic hydroxyl groups is 1. The fraction of sp³-hybridized carbons (Fsp3) is 0.600. The van der Waals surface area contributed by atoms with E-state index in [1.165, 1.54) is 5.56 Å². The van der Waals surface area contributed by atoms with E-state index < -0.39 is 0 Å². The maximum Gasteiger partial charge on any atom is 0.0830 e. The van der Waals surface area contributed by atoms with Gasteiger partial charge in [-0.3, -0.25) is 0 Å². The van der Waals surface area contributed by atoms with Crippen molar-refractivity contribution in [3.63, 3.8) is 0 Å². The monoisotopic (exact) mass is 233 g/mol. The lowest BCUT2D eigenvalue weighted by atomic mass is 9.93. The minimum Gasteiger partial charge on any atom is -0.388 e. The zero-order valence-electron chi connectivity index (χ0n) is 11.1. The summed E-state index contributed by atoms with van der Waals surface area (Å²) in [6.07, 6.45) is 0.796. The Morgan fingerprint density at radius 3 is 2.24 bits per heavy atom. The summed E-state index contributed by atoms with van der Waals surface area (Å²) in [6, 6.07) is 8.44. The Bertz CT molecular complexity index is 358. The normalized spacial score (nSPS) is 23.2. The Balaban J connectivity index is 2.06. The van der Waals surface area contributed by atoms with Gasteiger partial charge in [0, 0.05) is 12.5 Å². The molecule has 17 heavy (non-hydrogen) atoms. The van der Waals surface area contributed by atoms with Crippen LogP contribution in [0.3, 0.4) is 0 Å². The first-order chi connectivity index (χ1) is 8.08. The average Bonchev–Trinajstić information content (AvgIpc) is 2.75. The molecule has 0 aromatic heterocycles. The first-order valence-corrected chi connectivity index (χ1v) is 6.54. The predicted octanol–water partition coefficient (Wildman–Crippen LogP) is 2.80. The van der Waals surface area contributed by atoms with Gasteiger partial charge in [0.1, 0.15) is 0 Å². The van der Waals surface area contributed by atoms with E-state index in [2.05, 4.69) is 50.1 Å². The minimum atomic E-state index is -0.304. The topological polar surface area (TPSA) is 23.5 Å². The van der Waals surface area contributed by atoms with Crippen molar-refractivity contribution in [1.29, 1.82) is 0 Å². The van der Waals surface area contributed by atoms with E-state index in [-0.39, 0.29) is 6.10 Å². The van der Waals surface area contributed by atoms with Gasteiger partial charge in [0.25, 0.3) is 0 Å². The smallest absolute Gasteiger partial charge is 0.0830 e. The Morgan fingerprint density at radius 2 is 1.76 bits per heavy atom. The molecule has 94 valence electrons. The van der Waals surface area contributed by atoms with Crippen molar-refractivity contribution in [2.75, 3.05) is 20.1 Å². The van der Waals surface area contributed by atoms with Crippen LogP contribution in [0.4, 0.5) is 0 Å². The minimum absolute atomic E-state index is 0.304. The summed E-state index contributed by atoms with van der Waals surface area (Å²) in [6.45, 7) is 6.49. The van der Waals surface area contributed by atoms with Gasteiger partial charge in [0.2, 0.25) is 0 Å². The zero-order valence-corrected chi connectivity index (χ0v) is 11.1.